The van der Waals surface area contributed by atoms with Crippen LogP contribution in [0.25, 0.3) is 10.9 Å². The fourth-order valence-electron chi connectivity index (χ4n) is 10.2. The van der Waals surface area contributed by atoms with E-state index in [0.29, 0.717) is 34.1 Å². The number of imidazole rings is 1. The Morgan fingerprint density at radius 3 is 1.89 bits per heavy atom. The number of aliphatic imine (C=N–C) groups is 1. The molecule has 0 aliphatic carbocycles. The number of phenols is 1. The molecule has 2 aliphatic rings. The number of amides is 12. The van der Waals surface area contributed by atoms with E-state index in [2.05, 4.69) is 67.9 Å². The van der Waals surface area contributed by atoms with Crippen molar-refractivity contribution in [3.63, 3.8) is 0 Å². The SMILES string of the molecule is CC(=O)O.CC(C)C[C@@H](NC(=O)[C@H](COC(C)(C)C)NC(=O)[C@@H](Cc1ccc(O)cc1)NC(=O)[C@@H](CO)NC(=O)[C@@H](Cc1c[nH]c2ccccc12)NC(=O)[C@@H](Cc1cnc[nH]1)NC(=O)[C@H]1CCC(=O)N1)C(=O)N[C@H](CCCN=C(N)N)C(=O)N1CCC[C@@H]1C(=O)NNC(N)=O. The van der Waals surface area contributed by atoms with Crippen LogP contribution in [0, 0.1) is 5.92 Å². The van der Waals surface area contributed by atoms with E-state index >= 15 is 0 Å². The van der Waals surface area contributed by atoms with E-state index in [1.807, 2.05) is 5.43 Å². The fraction of sp³-hybridized carbons (Fsp3) is 0.508. The van der Waals surface area contributed by atoms with Gasteiger partial charge in [-0.1, -0.05) is 44.2 Å². The highest BCUT2D eigenvalue weighted by molar-refractivity contribution is 5.99. The lowest BCUT2D eigenvalue weighted by molar-refractivity contribution is -0.142. The maximum Gasteiger partial charge on any atom is 0.330 e. The first-order valence-corrected chi connectivity index (χ1v) is 30.8. The summed E-state index contributed by atoms with van der Waals surface area (Å²) in [7, 11) is 0. The minimum atomic E-state index is -1.80. The molecule has 0 saturated carbocycles. The van der Waals surface area contributed by atoms with Crippen molar-refractivity contribution in [3.05, 3.63) is 84.1 Å². The first kappa shape index (κ1) is 75.3. The number of urea groups is 1. The van der Waals surface area contributed by atoms with Crippen LogP contribution in [0.4, 0.5) is 4.79 Å². The summed E-state index contributed by atoms with van der Waals surface area (Å²) in [5.74, 6) is -9.42. The number of rotatable bonds is 31. The second kappa shape index (κ2) is 36.2. The first-order valence-electron chi connectivity index (χ1n) is 30.8. The van der Waals surface area contributed by atoms with Gasteiger partial charge in [0.05, 0.1) is 25.1 Å². The highest BCUT2D eigenvalue weighted by Crippen LogP contribution is 2.22. The zero-order valence-electron chi connectivity index (χ0n) is 53.7. The number of para-hydroxylation sites is 1. The quantitative estimate of drug-likeness (QED) is 0.0103. The number of nitrogens with one attached hydrogen (secondary N) is 12. The average molecular weight is 1330 g/mol. The normalized spacial score (nSPS) is 16.5. The van der Waals surface area contributed by atoms with Gasteiger partial charge in [0.2, 0.25) is 53.2 Å². The summed E-state index contributed by atoms with van der Waals surface area (Å²) in [4.78, 5) is 176. The van der Waals surface area contributed by atoms with Crippen molar-refractivity contribution in [2.24, 2.45) is 28.1 Å². The maximum absolute atomic E-state index is 14.8. The number of aliphatic carboxylic acids is 1. The summed E-state index contributed by atoms with van der Waals surface area (Å²) in [6.07, 6.45) is 4.91. The van der Waals surface area contributed by atoms with Crippen LogP contribution < -0.4 is 70.6 Å². The van der Waals surface area contributed by atoms with Crippen LogP contribution in [-0.2, 0) is 76.7 Å². The van der Waals surface area contributed by atoms with Gasteiger partial charge in [-0.05, 0) is 94.5 Å². The Balaban J connectivity index is 0.00000397. The lowest BCUT2D eigenvalue weighted by Crippen LogP contribution is -2.62. The number of aliphatic hydroxyl groups is 1. The van der Waals surface area contributed by atoms with E-state index in [4.69, 9.17) is 31.8 Å². The van der Waals surface area contributed by atoms with E-state index in [1.54, 1.807) is 65.1 Å². The number of aromatic nitrogens is 3. The smallest absolute Gasteiger partial charge is 0.330 e. The number of benzene rings is 2. The fourth-order valence-corrected chi connectivity index (χ4v) is 10.2. The number of ether oxygens (including phenoxy) is 1. The molecule has 0 bridgehead atoms. The maximum atomic E-state index is 14.8. The number of nitrogens with two attached hydrogens (primary N) is 3. The monoisotopic (exact) mass is 1330 g/mol. The highest BCUT2D eigenvalue weighted by Gasteiger charge is 2.40. The number of nitrogens with zero attached hydrogens (tertiary/aromatic N) is 3. The average Bonchev–Trinajstić information content (AvgIpc) is 1.76. The molecular weight excluding hydrogens is 1240 g/mol. The predicted molar refractivity (Wildman–Crippen MR) is 342 cm³/mol. The Hall–Kier alpha value is -10.4. The van der Waals surface area contributed by atoms with Crippen LogP contribution in [0.5, 0.6) is 5.75 Å². The van der Waals surface area contributed by atoms with Gasteiger partial charge < -0.3 is 94.7 Å². The molecule has 2 aromatic heterocycles. The molecule has 9 atom stereocenters. The highest BCUT2D eigenvalue weighted by atomic mass is 16.5. The van der Waals surface area contributed by atoms with Crippen molar-refractivity contribution in [1.82, 2.24) is 73.2 Å². The molecule has 4 heterocycles. The van der Waals surface area contributed by atoms with Gasteiger partial charge in [0, 0.05) is 74.7 Å². The number of hydrogen-bond acceptors (Lipinski definition) is 17. The summed E-state index contributed by atoms with van der Waals surface area (Å²) < 4.78 is 6.03. The second-order valence-electron chi connectivity index (χ2n) is 24.2. The molecule has 2 fully saturated rings. The molecule has 0 radical (unpaired) electrons. The first-order chi connectivity index (χ1) is 44.9. The minimum absolute atomic E-state index is 0.00453. The number of carbonyl (C=O) groups excluding carboxylic acids is 11. The molecular formula is C61H88N18O16. The molecule has 2 saturated heterocycles. The van der Waals surface area contributed by atoms with Crippen LogP contribution >= 0.6 is 0 Å². The van der Waals surface area contributed by atoms with E-state index in [1.165, 1.54) is 41.7 Å². The molecule has 2 aliphatic heterocycles. The van der Waals surface area contributed by atoms with Gasteiger partial charge in [0.15, 0.2) is 5.96 Å². The Bertz CT molecular complexity index is 3340. The van der Waals surface area contributed by atoms with Crippen LogP contribution in [-0.4, -0.2) is 198 Å². The number of aliphatic hydroxyl groups excluding tert-OH is 1. The standard InChI is InChI=1S/C59H84N18O14.C2H4O2/c1-31(2)22-40(49(82)68-39(12-8-20-64-57(60)61)56(89)77-21-9-13-46(77)55(88)75-76-58(62)90)69-54(87)45(29-91-59(3,4)5)74-50(83)41(23-32-14-16-35(79)17-15-32)70-53(86)44(28-78)73-51(84)42(24-33-26-65-37-11-7-6-10-36(33)37)71-52(85)43(25-34-27-63-30-66-34)72-48(81)38-18-19-47(80)67-38;1-2(3)4/h6-7,10-11,14-17,26-27,30-31,38-46,65,78-79H,8-9,12-13,18-25,28-29H2,1-5H3,(H,63,66)(H,67,80)(H,68,82)(H,69,87)(H,70,86)(H,71,85)(H,72,81)(H,73,84)(H,74,83)(H,75,88)(H4,60,61,64)(H3,62,76,90);1H3,(H,3,4)/t38-,39-,40-,41-,42-,43-,44-,45+,46-;/m1./s1. The van der Waals surface area contributed by atoms with Crippen molar-refractivity contribution in [2.45, 2.75) is 166 Å². The third-order valence-electron chi connectivity index (χ3n) is 14.8. The van der Waals surface area contributed by atoms with Crippen LogP contribution in [0.15, 0.2) is 72.2 Å². The van der Waals surface area contributed by atoms with Crippen molar-refractivity contribution in [3.8, 4) is 5.75 Å². The van der Waals surface area contributed by atoms with E-state index in [0.717, 1.165) is 6.92 Å². The molecule has 6 rings (SSSR count). The van der Waals surface area contributed by atoms with E-state index < -0.39 is 138 Å². The summed E-state index contributed by atoms with van der Waals surface area (Å²) in [6.45, 7) is 8.36. The van der Waals surface area contributed by atoms with Gasteiger partial charge in [0.25, 0.3) is 11.9 Å². The van der Waals surface area contributed by atoms with Crippen molar-refractivity contribution >= 4 is 87.9 Å². The number of carboxylic acids is 1. The summed E-state index contributed by atoms with van der Waals surface area (Å²) >= 11 is 0. The predicted octanol–water partition coefficient (Wildman–Crippen LogP) is -3.01. The summed E-state index contributed by atoms with van der Waals surface area (Å²) in [5.41, 5.74) is 21.6. The van der Waals surface area contributed by atoms with Crippen LogP contribution in [0.1, 0.15) is 103 Å². The number of hydrogen-bond donors (Lipinski definition) is 18. The molecule has 4 aromatic rings. The summed E-state index contributed by atoms with van der Waals surface area (Å²) in [5, 5.41) is 50.2. The number of fused-ring (bicyclic) bond motifs is 1. The van der Waals surface area contributed by atoms with Crippen LogP contribution in [0.3, 0.4) is 0 Å². The molecule has 34 heteroatoms. The molecule has 95 heavy (non-hydrogen) atoms. The molecule has 518 valence electrons. The topological polar surface area (TPSA) is 533 Å². The summed E-state index contributed by atoms with van der Waals surface area (Å²) in [6, 6.07) is -0.716. The number of carboxylic acid groups (broad SMARTS) is 1. The molecule has 12 amide bonds. The largest absolute Gasteiger partial charge is 0.508 e. The second-order valence-corrected chi connectivity index (χ2v) is 24.2. The Labute approximate surface area is 546 Å². The minimum Gasteiger partial charge on any atom is -0.508 e. The molecule has 0 spiro atoms. The number of hydrazine groups is 1. The third kappa shape index (κ3) is 24.9. The van der Waals surface area contributed by atoms with Crippen molar-refractivity contribution in [1.29, 1.82) is 0 Å². The lowest BCUT2D eigenvalue weighted by Gasteiger charge is -2.31. The molecule has 2 aromatic carbocycles. The Morgan fingerprint density at radius 1 is 0.726 bits per heavy atom. The van der Waals surface area contributed by atoms with Gasteiger partial charge in [-0.2, -0.15) is 0 Å². The Morgan fingerprint density at radius 2 is 1.31 bits per heavy atom. The van der Waals surface area contributed by atoms with Gasteiger partial charge >= 0.3 is 6.03 Å². The van der Waals surface area contributed by atoms with Crippen molar-refractivity contribution < 1.29 is 77.6 Å². The zero-order chi connectivity index (χ0) is 70.1. The number of carbonyl (C=O) groups is 12. The molecule has 21 N–H and O–H groups in total. The third-order valence-corrected chi connectivity index (χ3v) is 14.8. The van der Waals surface area contributed by atoms with Crippen LogP contribution in [0.2, 0.25) is 0 Å². The number of primary amides is 1. The number of aromatic hydroxyl groups is 1. The zero-order valence-corrected chi connectivity index (χ0v) is 53.7. The van der Waals surface area contributed by atoms with Gasteiger partial charge in [-0.15, -0.1) is 0 Å². The van der Waals surface area contributed by atoms with Gasteiger partial charge in [-0.25, -0.2) is 15.2 Å². The number of aromatic amines is 2. The molecule has 34 nitrogen and oxygen atoms in total. The van der Waals surface area contributed by atoms with E-state index in [9.17, 15) is 63.0 Å². The van der Waals surface area contributed by atoms with Gasteiger partial charge in [-0.3, -0.25) is 63.2 Å². The Kier molecular flexibility index (Phi) is 28.7. The van der Waals surface area contributed by atoms with Gasteiger partial charge in [0.1, 0.15) is 60.1 Å². The number of H-pyrrole nitrogens is 2. The van der Waals surface area contributed by atoms with Crippen molar-refractivity contribution in [2.75, 3.05) is 26.3 Å². The van der Waals surface area contributed by atoms with E-state index in [-0.39, 0.29) is 94.4 Å². The number of guanidine groups is 1. The lowest BCUT2D eigenvalue weighted by atomic mass is 10.0. The number of likely N-dealkylation sites (tertiary alicyclic amines) is 1. The molecule has 0 unspecified atom stereocenters. The number of phenolic OH excluding ortho intramolecular Hbond substituents is 1.